The molecule has 1 aromatic carbocycles. The Morgan fingerprint density at radius 1 is 1.36 bits per heavy atom. The molecule has 0 atom stereocenters. The van der Waals surface area contributed by atoms with Crippen LogP contribution in [0.15, 0.2) is 18.2 Å². The van der Waals surface area contributed by atoms with Gasteiger partial charge in [0, 0.05) is 6.07 Å². The van der Waals surface area contributed by atoms with Gasteiger partial charge >= 0.3 is 5.97 Å². The lowest BCUT2D eigenvalue weighted by Gasteiger charge is -2.07. The van der Waals surface area contributed by atoms with Crippen molar-refractivity contribution in [3.8, 4) is 0 Å². The first kappa shape index (κ1) is 10.6. The van der Waals surface area contributed by atoms with E-state index in [0.717, 1.165) is 12.1 Å². The van der Waals surface area contributed by atoms with Gasteiger partial charge in [-0.3, -0.25) is 0 Å². The minimum absolute atomic E-state index is 0.250. The lowest BCUT2D eigenvalue weighted by molar-refractivity contribution is 0.0372. The molecule has 1 rings (SSSR count). The normalized spacial score (nSPS) is 10.4. The molecule has 4 heteroatoms. The van der Waals surface area contributed by atoms with Crippen LogP contribution < -0.4 is 0 Å². The summed E-state index contributed by atoms with van der Waals surface area (Å²) in [5.41, 5.74) is -0.250. The van der Waals surface area contributed by atoms with Crippen LogP contribution in [0.25, 0.3) is 0 Å². The van der Waals surface area contributed by atoms with Crippen LogP contribution in [0.1, 0.15) is 24.2 Å². The quantitative estimate of drug-likeness (QED) is 0.685. The molecule has 0 fully saturated rings. The van der Waals surface area contributed by atoms with Crippen LogP contribution in [0.2, 0.25) is 0 Å². The second-order valence-electron chi connectivity index (χ2n) is 3.08. The molecule has 0 aliphatic carbocycles. The zero-order valence-electron chi connectivity index (χ0n) is 7.88. The smallest absolute Gasteiger partial charge is 0.341 e. The summed E-state index contributed by atoms with van der Waals surface area (Å²) >= 11 is 0. The van der Waals surface area contributed by atoms with Gasteiger partial charge in [-0.15, -0.1) is 0 Å². The van der Waals surface area contributed by atoms with Crippen molar-refractivity contribution in [1.29, 1.82) is 0 Å². The number of ether oxygens (including phenoxy) is 1. The third kappa shape index (κ3) is 2.52. The van der Waals surface area contributed by atoms with Crippen LogP contribution in [-0.2, 0) is 4.74 Å². The van der Waals surface area contributed by atoms with Crippen molar-refractivity contribution in [1.82, 2.24) is 0 Å². The van der Waals surface area contributed by atoms with Crippen LogP contribution in [0.5, 0.6) is 0 Å². The summed E-state index contributed by atoms with van der Waals surface area (Å²) in [6.45, 7) is 3.30. The maximum absolute atomic E-state index is 13.0. The van der Waals surface area contributed by atoms with E-state index in [0.29, 0.717) is 6.07 Å². The molecule has 0 unspecified atom stereocenters. The molecule has 0 bridgehead atoms. The zero-order valence-corrected chi connectivity index (χ0v) is 7.88. The summed E-state index contributed by atoms with van der Waals surface area (Å²) in [5.74, 6) is -2.41. The molecule has 76 valence electrons. The predicted octanol–water partition coefficient (Wildman–Crippen LogP) is 2.53. The van der Waals surface area contributed by atoms with Crippen molar-refractivity contribution in [2.75, 3.05) is 0 Å². The average molecular weight is 200 g/mol. The van der Waals surface area contributed by atoms with Crippen molar-refractivity contribution in [3.05, 3.63) is 35.4 Å². The maximum Gasteiger partial charge on any atom is 0.341 e. The Bertz CT molecular complexity index is 348. The lowest BCUT2D eigenvalue weighted by Crippen LogP contribution is -2.13. The third-order valence-electron chi connectivity index (χ3n) is 1.49. The molecule has 0 heterocycles. The van der Waals surface area contributed by atoms with Crippen LogP contribution in [0, 0.1) is 11.6 Å². The van der Waals surface area contributed by atoms with Gasteiger partial charge in [0.15, 0.2) is 0 Å². The fourth-order valence-corrected chi connectivity index (χ4v) is 0.933. The van der Waals surface area contributed by atoms with E-state index in [1.165, 1.54) is 0 Å². The van der Waals surface area contributed by atoms with Gasteiger partial charge in [0.2, 0.25) is 0 Å². The standard InChI is InChI=1S/C10H10F2O2/c1-6(2)14-10(13)8-4-3-7(11)5-9(8)12/h3-6H,1-2H3. The summed E-state index contributed by atoms with van der Waals surface area (Å²) in [4.78, 5) is 11.2. The highest BCUT2D eigenvalue weighted by atomic mass is 19.1. The molecule has 0 aliphatic rings. The Labute approximate surface area is 80.5 Å². The van der Waals surface area contributed by atoms with Crippen molar-refractivity contribution in [2.24, 2.45) is 0 Å². The van der Waals surface area contributed by atoms with Crippen molar-refractivity contribution < 1.29 is 18.3 Å². The molecule has 0 aromatic heterocycles. The molecular weight excluding hydrogens is 190 g/mol. The predicted molar refractivity (Wildman–Crippen MR) is 46.9 cm³/mol. The van der Waals surface area contributed by atoms with E-state index in [1.54, 1.807) is 13.8 Å². The Kier molecular flexibility index (Phi) is 3.17. The molecular formula is C10H10F2O2. The summed E-state index contributed by atoms with van der Waals surface area (Å²) < 4.78 is 30.2. The topological polar surface area (TPSA) is 26.3 Å². The monoisotopic (exact) mass is 200 g/mol. The second-order valence-corrected chi connectivity index (χ2v) is 3.08. The Morgan fingerprint density at radius 2 is 2.00 bits per heavy atom. The SMILES string of the molecule is CC(C)OC(=O)c1ccc(F)cc1F. The first-order valence-corrected chi connectivity index (χ1v) is 4.16. The zero-order chi connectivity index (χ0) is 10.7. The third-order valence-corrected chi connectivity index (χ3v) is 1.49. The van der Waals surface area contributed by atoms with Crippen molar-refractivity contribution in [3.63, 3.8) is 0 Å². The highest BCUT2D eigenvalue weighted by Crippen LogP contribution is 2.11. The van der Waals surface area contributed by atoms with Gasteiger partial charge in [-0.25, -0.2) is 13.6 Å². The minimum atomic E-state index is -0.907. The van der Waals surface area contributed by atoms with Gasteiger partial charge in [0.1, 0.15) is 11.6 Å². The second kappa shape index (κ2) is 4.17. The van der Waals surface area contributed by atoms with Gasteiger partial charge < -0.3 is 4.74 Å². The molecule has 2 nitrogen and oxygen atoms in total. The largest absolute Gasteiger partial charge is 0.459 e. The van der Waals surface area contributed by atoms with E-state index in [2.05, 4.69) is 0 Å². The van der Waals surface area contributed by atoms with Gasteiger partial charge in [0.25, 0.3) is 0 Å². The average Bonchev–Trinajstić information content (AvgIpc) is 2.01. The number of carbonyl (C=O) groups excluding carboxylic acids is 1. The number of carbonyl (C=O) groups is 1. The fraction of sp³-hybridized carbons (Fsp3) is 0.300. The fourth-order valence-electron chi connectivity index (χ4n) is 0.933. The Balaban J connectivity index is 2.90. The number of hydrogen-bond donors (Lipinski definition) is 0. The van der Waals surface area contributed by atoms with Crippen LogP contribution in [0.4, 0.5) is 8.78 Å². The molecule has 0 saturated carbocycles. The van der Waals surface area contributed by atoms with Gasteiger partial charge in [0.05, 0.1) is 11.7 Å². The summed E-state index contributed by atoms with van der Waals surface area (Å²) in [6.07, 6.45) is -0.327. The molecule has 14 heavy (non-hydrogen) atoms. The molecule has 0 spiro atoms. The van der Waals surface area contributed by atoms with E-state index in [1.807, 2.05) is 0 Å². The molecule has 1 aromatic rings. The molecule has 0 N–H and O–H groups in total. The lowest BCUT2D eigenvalue weighted by atomic mass is 10.2. The first-order valence-electron chi connectivity index (χ1n) is 4.16. The number of benzene rings is 1. The van der Waals surface area contributed by atoms with Crippen LogP contribution in [0.3, 0.4) is 0 Å². The maximum atomic E-state index is 13.0. The molecule has 0 saturated heterocycles. The summed E-state index contributed by atoms with van der Waals surface area (Å²) in [7, 11) is 0. The number of hydrogen-bond acceptors (Lipinski definition) is 2. The van der Waals surface area contributed by atoms with E-state index in [9.17, 15) is 13.6 Å². The van der Waals surface area contributed by atoms with Gasteiger partial charge in [-0.1, -0.05) is 0 Å². The van der Waals surface area contributed by atoms with Gasteiger partial charge in [-0.05, 0) is 26.0 Å². The van der Waals surface area contributed by atoms with E-state index >= 15 is 0 Å². The number of esters is 1. The first-order chi connectivity index (χ1) is 6.50. The Hall–Kier alpha value is -1.45. The molecule has 0 radical (unpaired) electrons. The highest BCUT2D eigenvalue weighted by Gasteiger charge is 2.14. The van der Waals surface area contributed by atoms with Crippen LogP contribution in [-0.4, -0.2) is 12.1 Å². The number of halogens is 2. The summed E-state index contributed by atoms with van der Waals surface area (Å²) in [5, 5.41) is 0. The van der Waals surface area contributed by atoms with E-state index in [4.69, 9.17) is 4.74 Å². The van der Waals surface area contributed by atoms with Crippen LogP contribution >= 0.6 is 0 Å². The van der Waals surface area contributed by atoms with E-state index < -0.39 is 17.6 Å². The van der Waals surface area contributed by atoms with E-state index in [-0.39, 0.29) is 11.7 Å². The van der Waals surface area contributed by atoms with Crippen molar-refractivity contribution >= 4 is 5.97 Å². The van der Waals surface area contributed by atoms with Gasteiger partial charge in [-0.2, -0.15) is 0 Å². The molecule has 0 aliphatic heterocycles. The molecule has 0 amide bonds. The minimum Gasteiger partial charge on any atom is -0.459 e. The highest BCUT2D eigenvalue weighted by molar-refractivity contribution is 5.89. The Morgan fingerprint density at radius 3 is 2.50 bits per heavy atom. The number of rotatable bonds is 2. The summed E-state index contributed by atoms with van der Waals surface area (Å²) in [6, 6.07) is 2.73. The van der Waals surface area contributed by atoms with Crippen molar-refractivity contribution in [2.45, 2.75) is 20.0 Å².